The molecular formula is C66H110O6. The van der Waals surface area contributed by atoms with Gasteiger partial charge in [-0.15, -0.1) is 0 Å². The largest absolute Gasteiger partial charge is 0.462 e. The molecule has 1 unspecified atom stereocenters. The van der Waals surface area contributed by atoms with Crippen molar-refractivity contribution < 1.29 is 28.6 Å². The Bertz CT molecular complexity index is 1470. The SMILES string of the molecule is CC/C=C\C/C=C\C/C=C\C/C=C\C/C=C\CCCCCC(=O)OCC(COC(=O)CCCCC/C=C\C/C=C\C/C=C\C/C=C\CC)OC(=O)CCCCCCCCCCCCCCCCCCCCC. The van der Waals surface area contributed by atoms with Gasteiger partial charge in [-0.3, -0.25) is 14.4 Å². The maximum Gasteiger partial charge on any atom is 0.306 e. The number of allylic oxidation sites excluding steroid dienone is 18. The molecule has 72 heavy (non-hydrogen) atoms. The van der Waals surface area contributed by atoms with Gasteiger partial charge in [0.05, 0.1) is 0 Å². The number of unbranched alkanes of at least 4 members (excludes halogenated alkanes) is 24. The second-order valence-corrected chi connectivity index (χ2v) is 19.5. The van der Waals surface area contributed by atoms with Gasteiger partial charge in [-0.05, 0) is 103 Å². The van der Waals surface area contributed by atoms with Crippen LogP contribution < -0.4 is 0 Å². The van der Waals surface area contributed by atoms with Crippen molar-refractivity contribution in [3.8, 4) is 0 Å². The molecule has 0 N–H and O–H groups in total. The molecule has 0 aliphatic heterocycles. The Kier molecular flexibility index (Phi) is 56.4. The zero-order chi connectivity index (χ0) is 52.2. The maximum atomic E-state index is 12.9. The number of hydrogen-bond acceptors (Lipinski definition) is 6. The van der Waals surface area contributed by atoms with Gasteiger partial charge in [-0.25, -0.2) is 0 Å². The first-order valence-corrected chi connectivity index (χ1v) is 29.9. The van der Waals surface area contributed by atoms with Crippen molar-refractivity contribution in [2.24, 2.45) is 0 Å². The second-order valence-electron chi connectivity index (χ2n) is 19.5. The van der Waals surface area contributed by atoms with Crippen LogP contribution in [-0.4, -0.2) is 37.2 Å². The lowest BCUT2D eigenvalue weighted by Gasteiger charge is -2.18. The lowest BCUT2D eigenvalue weighted by Crippen LogP contribution is -2.30. The first-order valence-electron chi connectivity index (χ1n) is 29.9. The molecule has 6 heteroatoms. The number of carbonyl (C=O) groups is 3. The molecule has 0 bridgehead atoms. The topological polar surface area (TPSA) is 78.9 Å². The van der Waals surface area contributed by atoms with E-state index < -0.39 is 6.10 Å². The Morgan fingerprint density at radius 2 is 0.542 bits per heavy atom. The molecule has 0 saturated carbocycles. The fraction of sp³-hybridized carbons (Fsp3) is 0.682. The summed E-state index contributed by atoms with van der Waals surface area (Å²) in [6.07, 6.45) is 80.8. The second kappa shape index (κ2) is 59.6. The van der Waals surface area contributed by atoms with Crippen LogP contribution in [0, 0.1) is 0 Å². The number of ether oxygens (including phenoxy) is 3. The summed E-state index contributed by atoms with van der Waals surface area (Å²) in [5, 5.41) is 0. The van der Waals surface area contributed by atoms with E-state index >= 15 is 0 Å². The van der Waals surface area contributed by atoms with Crippen molar-refractivity contribution >= 4 is 17.9 Å². The third-order valence-corrected chi connectivity index (χ3v) is 12.5. The number of hydrogen-bond donors (Lipinski definition) is 0. The van der Waals surface area contributed by atoms with Crippen LogP contribution in [0.5, 0.6) is 0 Å². The van der Waals surface area contributed by atoms with Crippen molar-refractivity contribution in [2.45, 2.75) is 277 Å². The fourth-order valence-electron chi connectivity index (χ4n) is 8.11. The molecule has 0 aromatic heterocycles. The van der Waals surface area contributed by atoms with E-state index in [0.717, 1.165) is 128 Å². The van der Waals surface area contributed by atoms with Gasteiger partial charge in [0, 0.05) is 19.3 Å². The summed E-state index contributed by atoms with van der Waals surface area (Å²) < 4.78 is 16.8. The molecule has 0 aliphatic carbocycles. The van der Waals surface area contributed by atoms with Crippen molar-refractivity contribution in [1.82, 2.24) is 0 Å². The minimum Gasteiger partial charge on any atom is -0.462 e. The molecule has 1 atom stereocenters. The molecule has 410 valence electrons. The smallest absolute Gasteiger partial charge is 0.306 e. The van der Waals surface area contributed by atoms with Crippen LogP contribution >= 0.6 is 0 Å². The van der Waals surface area contributed by atoms with Gasteiger partial charge in [0.1, 0.15) is 13.2 Å². The van der Waals surface area contributed by atoms with Gasteiger partial charge in [-0.2, -0.15) is 0 Å². The molecule has 0 aliphatic rings. The summed E-state index contributed by atoms with van der Waals surface area (Å²) in [6, 6.07) is 0. The lowest BCUT2D eigenvalue weighted by molar-refractivity contribution is -0.167. The number of esters is 3. The van der Waals surface area contributed by atoms with Crippen LogP contribution in [0.25, 0.3) is 0 Å². The fourth-order valence-corrected chi connectivity index (χ4v) is 8.11. The Labute approximate surface area is 444 Å². The molecule has 0 heterocycles. The van der Waals surface area contributed by atoms with E-state index in [4.69, 9.17) is 14.2 Å². The standard InChI is InChI=1S/C66H110O6/c1-4-7-10-13-16-19-22-25-28-31-33-35-38-41-44-47-50-53-56-59-65(68)71-62-63(61-70-64(67)58-55-52-49-46-43-40-37-30-27-24-21-18-15-12-9-6-3)72-66(69)60-57-54-51-48-45-42-39-36-34-32-29-26-23-20-17-14-11-8-5-2/h7,9-10,12,16,18-19,21,25,27-28,30,33,35,40-41,43-44,63H,4-6,8,11,13-15,17,20,22-24,26,29,31-32,34,36-39,42,45-62H2,1-3H3/b10-7-,12-9-,19-16-,21-18-,28-25-,30-27-,35-33-,43-40-,44-41-. The highest BCUT2D eigenvalue weighted by Crippen LogP contribution is 2.16. The summed E-state index contributed by atoms with van der Waals surface area (Å²) in [5.74, 6) is -0.959. The molecule has 0 aromatic rings. The molecule has 0 aromatic carbocycles. The molecule has 0 radical (unpaired) electrons. The van der Waals surface area contributed by atoms with Gasteiger partial charge in [0.25, 0.3) is 0 Å². The average Bonchev–Trinajstić information content (AvgIpc) is 3.38. The van der Waals surface area contributed by atoms with Crippen LogP contribution in [0.3, 0.4) is 0 Å². The van der Waals surface area contributed by atoms with E-state index in [-0.39, 0.29) is 31.1 Å². The van der Waals surface area contributed by atoms with Gasteiger partial charge in [-0.1, -0.05) is 259 Å². The summed E-state index contributed by atoms with van der Waals surface area (Å²) in [6.45, 7) is 6.38. The first kappa shape index (κ1) is 68.1. The highest BCUT2D eigenvalue weighted by Gasteiger charge is 2.19. The third kappa shape index (κ3) is 57.0. The van der Waals surface area contributed by atoms with Crippen LogP contribution in [0.4, 0.5) is 0 Å². The summed E-state index contributed by atoms with van der Waals surface area (Å²) >= 11 is 0. The van der Waals surface area contributed by atoms with Crippen molar-refractivity contribution in [3.63, 3.8) is 0 Å². The summed E-state index contributed by atoms with van der Waals surface area (Å²) in [7, 11) is 0. The predicted molar refractivity (Wildman–Crippen MR) is 311 cm³/mol. The lowest BCUT2D eigenvalue weighted by atomic mass is 10.0. The minimum absolute atomic E-state index is 0.105. The van der Waals surface area contributed by atoms with E-state index in [1.807, 2.05) is 0 Å². The van der Waals surface area contributed by atoms with Crippen LogP contribution in [0.15, 0.2) is 109 Å². The Morgan fingerprint density at radius 3 is 0.847 bits per heavy atom. The third-order valence-electron chi connectivity index (χ3n) is 12.5. The maximum absolute atomic E-state index is 12.9. The minimum atomic E-state index is -0.806. The van der Waals surface area contributed by atoms with E-state index in [1.54, 1.807) is 0 Å². The average molecular weight is 1000 g/mol. The summed E-state index contributed by atoms with van der Waals surface area (Å²) in [5.41, 5.74) is 0. The van der Waals surface area contributed by atoms with Crippen LogP contribution in [0.2, 0.25) is 0 Å². The normalized spacial score (nSPS) is 12.9. The Hall–Kier alpha value is -3.93. The van der Waals surface area contributed by atoms with Crippen molar-refractivity contribution in [3.05, 3.63) is 109 Å². The highest BCUT2D eigenvalue weighted by atomic mass is 16.6. The van der Waals surface area contributed by atoms with Gasteiger partial charge < -0.3 is 14.2 Å². The predicted octanol–water partition coefficient (Wildman–Crippen LogP) is 20.3. The van der Waals surface area contributed by atoms with Gasteiger partial charge >= 0.3 is 17.9 Å². The zero-order valence-corrected chi connectivity index (χ0v) is 46.9. The number of carbonyl (C=O) groups excluding carboxylic acids is 3. The zero-order valence-electron chi connectivity index (χ0n) is 46.9. The van der Waals surface area contributed by atoms with E-state index in [1.165, 1.54) is 103 Å². The quantitative estimate of drug-likeness (QED) is 0.0261. The van der Waals surface area contributed by atoms with Crippen LogP contribution in [0.1, 0.15) is 271 Å². The van der Waals surface area contributed by atoms with E-state index in [9.17, 15) is 14.4 Å². The molecule has 0 saturated heterocycles. The molecule has 0 amide bonds. The Balaban J connectivity index is 4.48. The summed E-state index contributed by atoms with van der Waals surface area (Å²) in [4.78, 5) is 38.2. The Morgan fingerprint density at radius 1 is 0.292 bits per heavy atom. The van der Waals surface area contributed by atoms with Crippen LogP contribution in [-0.2, 0) is 28.6 Å². The monoisotopic (exact) mass is 999 g/mol. The van der Waals surface area contributed by atoms with Crippen molar-refractivity contribution in [2.75, 3.05) is 13.2 Å². The molecule has 6 nitrogen and oxygen atoms in total. The van der Waals surface area contributed by atoms with Gasteiger partial charge in [0.15, 0.2) is 6.10 Å². The van der Waals surface area contributed by atoms with Gasteiger partial charge in [0.2, 0.25) is 0 Å². The first-order chi connectivity index (χ1) is 35.5. The van der Waals surface area contributed by atoms with E-state index in [0.29, 0.717) is 19.3 Å². The molecule has 0 fully saturated rings. The molecule has 0 rings (SSSR count). The highest BCUT2D eigenvalue weighted by molar-refractivity contribution is 5.71. The molecule has 0 spiro atoms. The van der Waals surface area contributed by atoms with Crippen molar-refractivity contribution in [1.29, 1.82) is 0 Å². The van der Waals surface area contributed by atoms with E-state index in [2.05, 4.69) is 130 Å². The molecular weight excluding hydrogens is 889 g/mol. The number of rotatable bonds is 53.